The molecular weight excluding hydrogens is 398 g/mol. The van der Waals surface area contributed by atoms with Crippen LogP contribution in [0.2, 0.25) is 0 Å². The first-order valence-corrected chi connectivity index (χ1v) is 11.9. The second-order valence-electron chi connectivity index (χ2n) is 8.19. The summed E-state index contributed by atoms with van der Waals surface area (Å²) in [6.07, 6.45) is 0. The van der Waals surface area contributed by atoms with E-state index < -0.39 is 10.0 Å². The minimum absolute atomic E-state index is 0.0440. The van der Waals surface area contributed by atoms with Crippen LogP contribution in [0, 0.1) is 13.8 Å². The summed E-state index contributed by atoms with van der Waals surface area (Å²) in [4.78, 5) is 14.7. The molecule has 0 bridgehead atoms. The Morgan fingerprint density at radius 1 is 1.00 bits per heavy atom. The van der Waals surface area contributed by atoms with Crippen LogP contribution < -0.4 is 5.32 Å². The zero-order valence-corrected chi connectivity index (χ0v) is 19.0. The number of hydrogen-bond donors (Lipinski definition) is 1. The van der Waals surface area contributed by atoms with Crippen molar-refractivity contribution in [3.8, 4) is 0 Å². The van der Waals surface area contributed by atoms with Gasteiger partial charge in [-0.2, -0.15) is 4.31 Å². The third-order valence-corrected chi connectivity index (χ3v) is 7.65. The van der Waals surface area contributed by atoms with Gasteiger partial charge in [-0.25, -0.2) is 8.42 Å². The van der Waals surface area contributed by atoms with Gasteiger partial charge < -0.3 is 10.2 Å². The van der Waals surface area contributed by atoms with Crippen molar-refractivity contribution in [3.05, 3.63) is 70.3 Å². The van der Waals surface area contributed by atoms with Crippen molar-refractivity contribution in [2.24, 2.45) is 0 Å². The summed E-state index contributed by atoms with van der Waals surface area (Å²) in [7, 11) is -1.35. The van der Waals surface area contributed by atoms with E-state index in [1.165, 1.54) is 11.1 Å². The first-order valence-electron chi connectivity index (χ1n) is 10.3. The van der Waals surface area contributed by atoms with Gasteiger partial charge >= 0.3 is 0 Å². The number of nitrogens with zero attached hydrogens (tertiary/aromatic N) is 2. The molecule has 162 valence electrons. The third kappa shape index (κ3) is 5.47. The van der Waals surface area contributed by atoms with E-state index in [4.69, 9.17) is 0 Å². The molecule has 0 radical (unpaired) electrons. The van der Waals surface area contributed by atoms with Crippen LogP contribution in [0.5, 0.6) is 0 Å². The average Bonchev–Trinajstić information content (AvgIpc) is 2.70. The molecule has 1 aliphatic heterocycles. The topological polar surface area (TPSA) is 69.7 Å². The van der Waals surface area contributed by atoms with Crippen molar-refractivity contribution in [2.45, 2.75) is 32.6 Å². The summed E-state index contributed by atoms with van der Waals surface area (Å²) in [5.41, 5.74) is 4.68. The summed E-state index contributed by atoms with van der Waals surface area (Å²) in [6, 6.07) is 12.9. The molecule has 1 aliphatic rings. The fourth-order valence-corrected chi connectivity index (χ4v) is 5.03. The van der Waals surface area contributed by atoms with E-state index in [1.807, 2.05) is 20.0 Å². The lowest BCUT2D eigenvalue weighted by Gasteiger charge is -2.31. The molecule has 0 unspecified atom stereocenters. The Balaban J connectivity index is 1.61. The second kappa shape index (κ2) is 9.29. The molecule has 1 fully saturated rings. The van der Waals surface area contributed by atoms with Crippen LogP contribution in [0.3, 0.4) is 0 Å². The first kappa shape index (κ1) is 22.5. The smallest absolute Gasteiger partial charge is 0.251 e. The van der Waals surface area contributed by atoms with Gasteiger partial charge in [-0.1, -0.05) is 30.3 Å². The average molecular weight is 430 g/mol. The maximum atomic E-state index is 12.7. The van der Waals surface area contributed by atoms with Crippen LogP contribution in [0.4, 0.5) is 0 Å². The van der Waals surface area contributed by atoms with Gasteiger partial charge in [0.25, 0.3) is 5.91 Å². The minimum Gasteiger partial charge on any atom is -0.346 e. The van der Waals surface area contributed by atoms with Crippen LogP contribution in [0.25, 0.3) is 0 Å². The molecule has 1 saturated heterocycles. The van der Waals surface area contributed by atoms with Gasteiger partial charge in [0, 0.05) is 31.7 Å². The van der Waals surface area contributed by atoms with Gasteiger partial charge in [0.05, 0.1) is 11.8 Å². The predicted molar refractivity (Wildman–Crippen MR) is 120 cm³/mol. The highest BCUT2D eigenvalue weighted by molar-refractivity contribution is 7.88. The van der Waals surface area contributed by atoms with Crippen molar-refractivity contribution in [1.82, 2.24) is 14.5 Å². The normalized spacial score (nSPS) is 16.9. The maximum absolute atomic E-state index is 12.7. The van der Waals surface area contributed by atoms with Crippen molar-refractivity contribution in [1.29, 1.82) is 0 Å². The lowest BCUT2D eigenvalue weighted by Crippen LogP contribution is -2.47. The number of aryl methyl sites for hydroxylation is 2. The van der Waals surface area contributed by atoms with Crippen LogP contribution >= 0.6 is 0 Å². The van der Waals surface area contributed by atoms with Crippen LogP contribution in [0.15, 0.2) is 42.5 Å². The fourth-order valence-electron chi connectivity index (χ4n) is 3.52. The number of likely N-dealkylation sites (N-methyl/N-ethyl adjacent to an activating group) is 1. The van der Waals surface area contributed by atoms with E-state index in [0.29, 0.717) is 24.2 Å². The van der Waals surface area contributed by atoms with Gasteiger partial charge in [-0.05, 0) is 62.2 Å². The van der Waals surface area contributed by atoms with Crippen LogP contribution in [0.1, 0.15) is 45.6 Å². The van der Waals surface area contributed by atoms with Crippen LogP contribution in [-0.4, -0.2) is 56.8 Å². The summed E-state index contributed by atoms with van der Waals surface area (Å²) >= 11 is 0. The summed E-state index contributed by atoms with van der Waals surface area (Å²) in [5, 5.41) is 3.01. The number of amides is 1. The Labute approximate surface area is 179 Å². The molecule has 0 spiro atoms. The third-order valence-electron chi connectivity index (χ3n) is 5.80. The largest absolute Gasteiger partial charge is 0.346 e. The highest BCUT2D eigenvalue weighted by atomic mass is 32.2. The van der Waals surface area contributed by atoms with E-state index in [1.54, 1.807) is 28.6 Å². The number of benzene rings is 2. The van der Waals surface area contributed by atoms with Crippen molar-refractivity contribution >= 4 is 15.9 Å². The summed E-state index contributed by atoms with van der Waals surface area (Å²) in [5.74, 6) is -0.216. The molecule has 1 N–H and O–H groups in total. The van der Waals surface area contributed by atoms with Crippen molar-refractivity contribution in [3.63, 3.8) is 0 Å². The van der Waals surface area contributed by atoms with Gasteiger partial charge in [-0.3, -0.25) is 4.79 Å². The highest BCUT2D eigenvalue weighted by Crippen LogP contribution is 2.18. The molecule has 2 aromatic carbocycles. The molecule has 6 nitrogen and oxygen atoms in total. The van der Waals surface area contributed by atoms with E-state index in [9.17, 15) is 13.2 Å². The molecule has 1 atom stereocenters. The summed E-state index contributed by atoms with van der Waals surface area (Å²) < 4.78 is 26.9. The SMILES string of the molecule is Cc1ccc([C@@H](C)NC(=O)c2ccc(CS(=O)(=O)N3CCN(C)CC3)cc2)cc1C. The molecule has 3 rings (SSSR count). The van der Waals surface area contributed by atoms with Crippen molar-refractivity contribution < 1.29 is 13.2 Å². The Morgan fingerprint density at radius 2 is 1.63 bits per heavy atom. The van der Waals surface area contributed by atoms with E-state index >= 15 is 0 Å². The monoisotopic (exact) mass is 429 g/mol. The standard InChI is InChI=1S/C23H31N3O3S/c1-17-5-8-22(15-18(17)2)19(3)24-23(27)21-9-6-20(7-10-21)16-30(28,29)26-13-11-25(4)12-14-26/h5-10,15,19H,11-14,16H2,1-4H3,(H,24,27)/t19-/m1/s1. The highest BCUT2D eigenvalue weighted by Gasteiger charge is 2.25. The molecule has 1 amide bonds. The molecule has 0 aromatic heterocycles. The Kier molecular flexibility index (Phi) is 6.95. The molecule has 2 aromatic rings. The lowest BCUT2D eigenvalue weighted by atomic mass is 10.0. The number of hydrogen-bond acceptors (Lipinski definition) is 4. The van der Waals surface area contributed by atoms with E-state index in [2.05, 4.69) is 36.2 Å². The molecular formula is C23H31N3O3S. The van der Waals surface area contributed by atoms with Gasteiger partial charge in [0.1, 0.15) is 0 Å². The van der Waals surface area contributed by atoms with E-state index in [-0.39, 0.29) is 17.7 Å². The fraction of sp³-hybridized carbons (Fsp3) is 0.435. The number of carbonyl (C=O) groups is 1. The number of rotatable bonds is 6. The van der Waals surface area contributed by atoms with E-state index in [0.717, 1.165) is 18.7 Å². The minimum atomic E-state index is -3.35. The predicted octanol–water partition coefficient (Wildman–Crippen LogP) is 2.87. The van der Waals surface area contributed by atoms with Gasteiger partial charge in [0.15, 0.2) is 0 Å². The van der Waals surface area contributed by atoms with Gasteiger partial charge in [0.2, 0.25) is 10.0 Å². The molecule has 0 saturated carbocycles. The zero-order valence-electron chi connectivity index (χ0n) is 18.2. The Bertz CT molecular complexity index is 995. The second-order valence-corrected chi connectivity index (χ2v) is 10.2. The number of sulfonamides is 1. The molecule has 1 heterocycles. The Morgan fingerprint density at radius 3 is 2.23 bits per heavy atom. The number of carbonyl (C=O) groups excluding carboxylic acids is 1. The summed E-state index contributed by atoms with van der Waals surface area (Å²) in [6.45, 7) is 8.62. The van der Waals surface area contributed by atoms with Crippen LogP contribution in [-0.2, 0) is 15.8 Å². The first-order chi connectivity index (χ1) is 14.2. The molecule has 7 heteroatoms. The van der Waals surface area contributed by atoms with Crippen molar-refractivity contribution in [2.75, 3.05) is 33.2 Å². The molecule has 30 heavy (non-hydrogen) atoms. The lowest BCUT2D eigenvalue weighted by molar-refractivity contribution is 0.0940. The Hall–Kier alpha value is -2.22. The molecule has 0 aliphatic carbocycles. The van der Waals surface area contributed by atoms with Gasteiger partial charge in [-0.15, -0.1) is 0 Å². The number of nitrogens with one attached hydrogen (secondary N) is 1. The maximum Gasteiger partial charge on any atom is 0.251 e. The quantitative estimate of drug-likeness (QED) is 0.767. The number of piperazine rings is 1. The zero-order chi connectivity index (χ0) is 21.9.